The number of Topliss-reactive ketones (excluding diaryl/α,β-unsaturated/α-hetero) is 1. The van der Waals surface area contributed by atoms with Crippen LogP contribution in [0.5, 0.6) is 11.5 Å². The summed E-state index contributed by atoms with van der Waals surface area (Å²) in [5.41, 5.74) is 4.13. The van der Waals surface area contributed by atoms with Gasteiger partial charge in [-0.1, -0.05) is 20.8 Å². The number of anilines is 2. The average Bonchev–Trinajstić information content (AvgIpc) is 3.55. The fourth-order valence-electron chi connectivity index (χ4n) is 4.66. The molecule has 1 aliphatic heterocycles. The lowest BCUT2D eigenvalue weighted by molar-refractivity contribution is -0.116. The Morgan fingerprint density at radius 1 is 1.27 bits per heavy atom. The summed E-state index contributed by atoms with van der Waals surface area (Å²) < 4.78 is 15.8. The number of carbonyl (C=O) groups is 1. The van der Waals surface area contributed by atoms with Crippen LogP contribution in [-0.2, 0) is 28.4 Å². The molecule has 4 aromatic rings. The van der Waals surface area contributed by atoms with E-state index >= 15 is 0 Å². The van der Waals surface area contributed by atoms with Crippen molar-refractivity contribution in [1.29, 1.82) is 0 Å². The van der Waals surface area contributed by atoms with Gasteiger partial charge in [-0.2, -0.15) is 10.1 Å². The molecule has 10 heteroatoms. The lowest BCUT2D eigenvalue weighted by Crippen LogP contribution is -2.22. The van der Waals surface area contributed by atoms with E-state index in [1.807, 2.05) is 18.5 Å². The smallest absolute Gasteiger partial charge is 0.210 e. The number of aromatic nitrogens is 6. The average molecular weight is 504 g/mol. The lowest BCUT2D eigenvalue weighted by atomic mass is 9.91. The second-order valence-corrected chi connectivity index (χ2v) is 10.6. The summed E-state index contributed by atoms with van der Waals surface area (Å²) in [6.45, 7) is 11.5. The molecule has 1 N–H and O–H groups in total. The molecule has 0 radical (unpaired) electrons. The van der Waals surface area contributed by atoms with Gasteiger partial charge in [-0.15, -0.1) is 0 Å². The normalized spacial score (nSPS) is 15.9. The molecule has 0 spiro atoms. The van der Waals surface area contributed by atoms with Crippen molar-refractivity contribution in [2.24, 2.45) is 7.05 Å². The van der Waals surface area contributed by atoms with E-state index in [4.69, 9.17) is 19.6 Å². The molecule has 0 aromatic carbocycles. The Hall–Kier alpha value is -3.79. The minimum absolute atomic E-state index is 0.0508. The van der Waals surface area contributed by atoms with Gasteiger partial charge in [0.05, 0.1) is 30.1 Å². The number of nitrogens with one attached hydrogen (secondary N) is 1. The number of ether oxygens (including phenoxy) is 2. The van der Waals surface area contributed by atoms with Crippen LogP contribution in [0.4, 0.5) is 11.8 Å². The number of hydrogen-bond acceptors (Lipinski definition) is 8. The number of imidazole rings is 1. The van der Waals surface area contributed by atoms with Gasteiger partial charge in [-0.05, 0) is 26.3 Å². The molecule has 5 heterocycles. The Bertz CT molecular complexity index is 1460. The summed E-state index contributed by atoms with van der Waals surface area (Å²) in [6, 6.07) is 5.87. The van der Waals surface area contributed by atoms with E-state index in [1.54, 1.807) is 31.5 Å². The predicted molar refractivity (Wildman–Crippen MR) is 141 cm³/mol. The molecule has 5 rings (SSSR count). The zero-order valence-corrected chi connectivity index (χ0v) is 22.2. The van der Waals surface area contributed by atoms with Gasteiger partial charge in [0.15, 0.2) is 17.2 Å². The first kappa shape index (κ1) is 24.9. The predicted octanol–water partition coefficient (Wildman–Crippen LogP) is 4.79. The van der Waals surface area contributed by atoms with E-state index in [2.05, 4.69) is 46.8 Å². The molecule has 1 aliphatic rings. The Kier molecular flexibility index (Phi) is 6.45. The van der Waals surface area contributed by atoms with Crippen molar-refractivity contribution in [3.8, 4) is 11.5 Å². The standard InChI is InChI=1S/C27H33N7O3/c1-16(35)11-18-12-20(7-9-28-18)37-21-14-29-25-24(17(21)2)33(6)26(31-25)30-23-13-22(27(3,4)5)34(32-23)19-8-10-36-15-19/h7,9,12-14,19H,8,10-11,15H2,1-6H3,(H,29,30,31,32). The summed E-state index contributed by atoms with van der Waals surface area (Å²) in [5.74, 6) is 2.65. The monoisotopic (exact) mass is 503 g/mol. The Morgan fingerprint density at radius 3 is 2.78 bits per heavy atom. The highest BCUT2D eigenvalue weighted by Gasteiger charge is 2.28. The number of hydrogen-bond donors (Lipinski definition) is 1. The van der Waals surface area contributed by atoms with Crippen LogP contribution < -0.4 is 10.1 Å². The second-order valence-electron chi connectivity index (χ2n) is 10.6. The Balaban J connectivity index is 1.44. The number of carbonyl (C=O) groups excluding carboxylic acids is 1. The van der Waals surface area contributed by atoms with Gasteiger partial charge in [0, 0.05) is 55.1 Å². The van der Waals surface area contributed by atoms with Gasteiger partial charge in [0.1, 0.15) is 11.5 Å². The number of aryl methyl sites for hydroxylation is 2. The van der Waals surface area contributed by atoms with Crippen LogP contribution in [0, 0.1) is 6.92 Å². The largest absolute Gasteiger partial charge is 0.455 e. The van der Waals surface area contributed by atoms with Crippen molar-refractivity contribution in [1.82, 2.24) is 29.3 Å². The first-order chi connectivity index (χ1) is 17.6. The van der Waals surface area contributed by atoms with Gasteiger partial charge >= 0.3 is 0 Å². The van der Waals surface area contributed by atoms with E-state index in [1.165, 1.54) is 0 Å². The minimum atomic E-state index is -0.0660. The molecular weight excluding hydrogens is 470 g/mol. The second kappa shape index (κ2) is 9.59. The SMILES string of the molecule is CC(=O)Cc1cc(Oc2cnc3nc(Nc4cc(C(C)(C)C)n(C5CCOC5)n4)n(C)c3c2C)ccn1. The maximum absolute atomic E-state index is 11.5. The molecule has 0 aliphatic carbocycles. The third-order valence-corrected chi connectivity index (χ3v) is 6.55. The Morgan fingerprint density at radius 2 is 2.08 bits per heavy atom. The first-order valence-corrected chi connectivity index (χ1v) is 12.5. The highest BCUT2D eigenvalue weighted by atomic mass is 16.5. The maximum atomic E-state index is 11.5. The zero-order valence-electron chi connectivity index (χ0n) is 22.2. The highest BCUT2D eigenvalue weighted by molar-refractivity contribution is 5.81. The van der Waals surface area contributed by atoms with Crippen LogP contribution in [-0.4, -0.2) is 48.3 Å². The summed E-state index contributed by atoms with van der Waals surface area (Å²) in [4.78, 5) is 25.0. The van der Waals surface area contributed by atoms with Crippen LogP contribution in [0.15, 0.2) is 30.6 Å². The number of rotatable bonds is 7. The van der Waals surface area contributed by atoms with Crippen molar-refractivity contribution in [2.75, 3.05) is 18.5 Å². The van der Waals surface area contributed by atoms with E-state index in [9.17, 15) is 4.79 Å². The molecular formula is C27H33N7O3. The zero-order chi connectivity index (χ0) is 26.3. The van der Waals surface area contributed by atoms with Crippen molar-refractivity contribution in [3.05, 3.63) is 47.5 Å². The number of nitrogens with zero attached hydrogens (tertiary/aromatic N) is 6. The van der Waals surface area contributed by atoms with Gasteiger partial charge in [-0.25, -0.2) is 4.98 Å². The van der Waals surface area contributed by atoms with Gasteiger partial charge in [0.25, 0.3) is 0 Å². The van der Waals surface area contributed by atoms with Crippen LogP contribution in [0.3, 0.4) is 0 Å². The van der Waals surface area contributed by atoms with Gasteiger partial charge in [-0.3, -0.25) is 14.5 Å². The quantitative estimate of drug-likeness (QED) is 0.383. The molecule has 10 nitrogen and oxygen atoms in total. The minimum Gasteiger partial charge on any atom is -0.455 e. The molecule has 37 heavy (non-hydrogen) atoms. The summed E-state index contributed by atoms with van der Waals surface area (Å²) >= 11 is 0. The fraction of sp³-hybridized carbons (Fsp3) is 0.444. The summed E-state index contributed by atoms with van der Waals surface area (Å²) in [7, 11) is 1.94. The van der Waals surface area contributed by atoms with Crippen LogP contribution in [0.2, 0.25) is 0 Å². The van der Waals surface area contributed by atoms with Gasteiger partial charge < -0.3 is 19.4 Å². The molecule has 1 atom stereocenters. The van der Waals surface area contributed by atoms with Crippen LogP contribution in [0.25, 0.3) is 11.2 Å². The third-order valence-electron chi connectivity index (χ3n) is 6.55. The molecule has 1 saturated heterocycles. The van der Waals surface area contributed by atoms with Crippen molar-refractivity contribution >= 4 is 28.7 Å². The molecule has 194 valence electrons. The summed E-state index contributed by atoms with van der Waals surface area (Å²) in [6.07, 6.45) is 4.54. The lowest BCUT2D eigenvalue weighted by Gasteiger charge is -2.22. The molecule has 1 fully saturated rings. The third kappa shape index (κ3) is 5.06. The molecule has 4 aromatic heterocycles. The number of pyridine rings is 2. The first-order valence-electron chi connectivity index (χ1n) is 12.5. The Labute approximate surface area is 216 Å². The van der Waals surface area contributed by atoms with Gasteiger partial charge in [0.2, 0.25) is 5.95 Å². The fourth-order valence-corrected chi connectivity index (χ4v) is 4.66. The number of fused-ring (bicyclic) bond motifs is 1. The van der Waals surface area contributed by atoms with E-state index in [0.29, 0.717) is 35.4 Å². The van der Waals surface area contributed by atoms with Crippen molar-refractivity contribution in [3.63, 3.8) is 0 Å². The summed E-state index contributed by atoms with van der Waals surface area (Å²) in [5, 5.41) is 8.29. The topological polar surface area (TPSA) is 109 Å². The van der Waals surface area contributed by atoms with E-state index in [0.717, 1.165) is 35.6 Å². The van der Waals surface area contributed by atoms with E-state index in [-0.39, 0.29) is 23.7 Å². The number of ketones is 1. The molecule has 0 bridgehead atoms. The molecule has 1 unspecified atom stereocenters. The van der Waals surface area contributed by atoms with Crippen LogP contribution >= 0.6 is 0 Å². The highest BCUT2D eigenvalue weighted by Crippen LogP contribution is 2.33. The van der Waals surface area contributed by atoms with Crippen molar-refractivity contribution in [2.45, 2.75) is 58.9 Å². The van der Waals surface area contributed by atoms with Crippen molar-refractivity contribution < 1.29 is 14.3 Å². The molecule has 0 amide bonds. The van der Waals surface area contributed by atoms with Crippen LogP contribution in [0.1, 0.15) is 57.1 Å². The molecule has 0 saturated carbocycles. The maximum Gasteiger partial charge on any atom is 0.210 e. The van der Waals surface area contributed by atoms with E-state index < -0.39 is 0 Å².